The number of rotatable bonds is 6. The van der Waals surface area contributed by atoms with Gasteiger partial charge in [0, 0.05) is 24.2 Å². The Kier molecular flexibility index (Phi) is 5.28. The summed E-state index contributed by atoms with van der Waals surface area (Å²) in [4.78, 5) is 33.6. The van der Waals surface area contributed by atoms with E-state index in [4.69, 9.17) is 5.11 Å². The number of aromatic carboxylic acids is 1. The molecule has 1 N–H and O–H groups in total. The molecular weight excluding hydrogens is 290 g/mol. The van der Waals surface area contributed by atoms with Crippen molar-refractivity contribution in [1.82, 2.24) is 4.90 Å². The van der Waals surface area contributed by atoms with Crippen molar-refractivity contribution in [2.45, 2.75) is 13.3 Å². The number of halogens is 2. The zero-order chi connectivity index (χ0) is 16.2. The van der Waals surface area contributed by atoms with Crippen molar-refractivity contribution in [2.75, 3.05) is 13.1 Å². The van der Waals surface area contributed by atoms with Crippen LogP contribution in [0.3, 0.4) is 0 Å². The van der Waals surface area contributed by atoms with Crippen LogP contribution >= 0.6 is 0 Å². The van der Waals surface area contributed by atoms with Crippen LogP contribution in [0.15, 0.2) is 18.2 Å². The fourth-order valence-electron chi connectivity index (χ4n) is 1.67. The Morgan fingerprint density at radius 3 is 2.33 bits per heavy atom. The van der Waals surface area contributed by atoms with Crippen LogP contribution in [0.1, 0.15) is 27.6 Å². The van der Waals surface area contributed by atoms with Crippen LogP contribution in [0, 0.1) is 10.1 Å². The van der Waals surface area contributed by atoms with Gasteiger partial charge < -0.3 is 10.0 Å². The smallest absolute Gasteiger partial charge is 0.335 e. The molecule has 0 spiro atoms. The van der Waals surface area contributed by atoms with Crippen LogP contribution < -0.4 is 0 Å². The zero-order valence-electron chi connectivity index (χ0n) is 11.0. The SMILES string of the molecule is CCN(CC(F)F)C(=O)c1cc(C(=O)O)cc([N+](=O)[O-])c1. The maximum Gasteiger partial charge on any atom is 0.335 e. The molecule has 1 rings (SSSR count). The van der Waals surface area contributed by atoms with Gasteiger partial charge in [0.2, 0.25) is 0 Å². The summed E-state index contributed by atoms with van der Waals surface area (Å²) in [6.07, 6.45) is -2.76. The third-order valence-electron chi connectivity index (χ3n) is 2.65. The Morgan fingerprint density at radius 1 is 1.33 bits per heavy atom. The van der Waals surface area contributed by atoms with Crippen LogP contribution in [0.25, 0.3) is 0 Å². The van der Waals surface area contributed by atoms with Gasteiger partial charge in [0.05, 0.1) is 17.0 Å². The maximum absolute atomic E-state index is 12.4. The number of nitro benzene ring substituents is 1. The zero-order valence-corrected chi connectivity index (χ0v) is 11.0. The second-order valence-corrected chi connectivity index (χ2v) is 4.07. The molecule has 0 aliphatic carbocycles. The van der Waals surface area contributed by atoms with E-state index in [-0.39, 0.29) is 12.1 Å². The number of carbonyl (C=O) groups excluding carboxylic acids is 1. The fourth-order valence-corrected chi connectivity index (χ4v) is 1.67. The summed E-state index contributed by atoms with van der Waals surface area (Å²) in [6, 6.07) is 2.58. The highest BCUT2D eigenvalue weighted by molar-refractivity contribution is 5.98. The number of benzene rings is 1. The minimum atomic E-state index is -2.76. The second-order valence-electron chi connectivity index (χ2n) is 4.07. The molecule has 0 aliphatic rings. The number of hydrogen-bond acceptors (Lipinski definition) is 4. The molecule has 21 heavy (non-hydrogen) atoms. The minimum absolute atomic E-state index is 0.0335. The highest BCUT2D eigenvalue weighted by Crippen LogP contribution is 2.19. The average molecular weight is 302 g/mol. The molecule has 0 radical (unpaired) electrons. The van der Waals surface area contributed by atoms with E-state index in [2.05, 4.69) is 0 Å². The van der Waals surface area contributed by atoms with E-state index in [9.17, 15) is 28.5 Å². The number of nitro groups is 1. The highest BCUT2D eigenvalue weighted by atomic mass is 19.3. The van der Waals surface area contributed by atoms with E-state index >= 15 is 0 Å². The van der Waals surface area contributed by atoms with Gasteiger partial charge in [0.1, 0.15) is 0 Å². The van der Waals surface area contributed by atoms with E-state index in [0.717, 1.165) is 23.1 Å². The van der Waals surface area contributed by atoms with Gasteiger partial charge in [-0.3, -0.25) is 14.9 Å². The van der Waals surface area contributed by atoms with E-state index in [1.165, 1.54) is 6.92 Å². The molecule has 0 aromatic heterocycles. The lowest BCUT2D eigenvalue weighted by Gasteiger charge is -2.20. The molecule has 0 unspecified atom stereocenters. The van der Waals surface area contributed by atoms with Gasteiger partial charge in [-0.15, -0.1) is 0 Å². The van der Waals surface area contributed by atoms with Crippen molar-refractivity contribution in [2.24, 2.45) is 0 Å². The molecule has 1 aromatic rings. The number of carbonyl (C=O) groups is 2. The molecule has 7 nitrogen and oxygen atoms in total. The highest BCUT2D eigenvalue weighted by Gasteiger charge is 2.22. The maximum atomic E-state index is 12.4. The number of amides is 1. The Bertz CT molecular complexity index is 545. The van der Waals surface area contributed by atoms with E-state index < -0.39 is 41.0 Å². The summed E-state index contributed by atoms with van der Waals surface area (Å²) in [5.74, 6) is -2.34. The largest absolute Gasteiger partial charge is 0.478 e. The van der Waals surface area contributed by atoms with Gasteiger partial charge in [-0.1, -0.05) is 0 Å². The number of carboxylic acid groups (broad SMARTS) is 1. The quantitative estimate of drug-likeness (QED) is 0.640. The summed E-state index contributed by atoms with van der Waals surface area (Å²) in [5.41, 5.74) is -1.36. The predicted molar refractivity (Wildman–Crippen MR) is 67.6 cm³/mol. The van der Waals surface area contributed by atoms with E-state index in [1.54, 1.807) is 0 Å². The van der Waals surface area contributed by atoms with Crippen molar-refractivity contribution >= 4 is 17.6 Å². The standard InChI is InChI=1S/C12H12F2N2O5/c1-2-15(6-10(13)14)11(17)7-3-8(12(18)19)5-9(4-7)16(20)21/h3-5,10H,2,6H2,1H3,(H,18,19). The molecule has 0 saturated carbocycles. The molecule has 0 saturated heterocycles. The first-order valence-corrected chi connectivity index (χ1v) is 5.86. The molecule has 0 bridgehead atoms. The number of non-ortho nitro benzene ring substituents is 1. The van der Waals surface area contributed by atoms with Crippen molar-refractivity contribution < 1.29 is 28.4 Å². The van der Waals surface area contributed by atoms with Crippen molar-refractivity contribution in [1.29, 1.82) is 0 Å². The third-order valence-corrected chi connectivity index (χ3v) is 2.65. The van der Waals surface area contributed by atoms with Crippen molar-refractivity contribution in [3.05, 3.63) is 39.4 Å². The van der Waals surface area contributed by atoms with Crippen LogP contribution in [-0.4, -0.2) is 46.3 Å². The van der Waals surface area contributed by atoms with Crippen LogP contribution in [0.2, 0.25) is 0 Å². The fraction of sp³-hybridized carbons (Fsp3) is 0.333. The van der Waals surface area contributed by atoms with Crippen LogP contribution in [0.5, 0.6) is 0 Å². The molecule has 1 amide bonds. The summed E-state index contributed by atoms with van der Waals surface area (Å²) >= 11 is 0. The van der Waals surface area contributed by atoms with E-state index in [0.29, 0.717) is 0 Å². The normalized spacial score (nSPS) is 10.5. The number of hydrogen-bond donors (Lipinski definition) is 1. The molecule has 9 heteroatoms. The summed E-state index contributed by atoms with van der Waals surface area (Å²) < 4.78 is 24.7. The van der Waals surface area contributed by atoms with E-state index in [1.807, 2.05) is 0 Å². The number of nitrogens with zero attached hydrogens (tertiary/aromatic N) is 2. The molecule has 0 atom stereocenters. The minimum Gasteiger partial charge on any atom is -0.478 e. The first-order valence-electron chi connectivity index (χ1n) is 5.86. The third kappa shape index (κ3) is 4.20. The van der Waals surface area contributed by atoms with Gasteiger partial charge in [-0.05, 0) is 13.0 Å². The summed E-state index contributed by atoms with van der Waals surface area (Å²) in [6.45, 7) is 0.602. The molecule has 0 heterocycles. The van der Waals surface area contributed by atoms with Crippen molar-refractivity contribution in [3.63, 3.8) is 0 Å². The lowest BCUT2D eigenvalue weighted by molar-refractivity contribution is -0.384. The molecule has 0 aliphatic heterocycles. The Hall–Kier alpha value is -2.58. The molecular formula is C12H12F2N2O5. The van der Waals surface area contributed by atoms with Gasteiger partial charge in [-0.2, -0.15) is 0 Å². The monoisotopic (exact) mass is 302 g/mol. The van der Waals surface area contributed by atoms with Gasteiger partial charge in [-0.25, -0.2) is 13.6 Å². The summed E-state index contributed by atoms with van der Waals surface area (Å²) in [5, 5.41) is 19.6. The first kappa shape index (κ1) is 16.5. The van der Waals surface area contributed by atoms with Gasteiger partial charge >= 0.3 is 5.97 Å². The lowest BCUT2D eigenvalue weighted by atomic mass is 10.1. The predicted octanol–water partition coefficient (Wildman–Crippen LogP) is 2.02. The van der Waals surface area contributed by atoms with Crippen LogP contribution in [-0.2, 0) is 0 Å². The van der Waals surface area contributed by atoms with Gasteiger partial charge in [0.15, 0.2) is 0 Å². The first-order chi connectivity index (χ1) is 9.76. The van der Waals surface area contributed by atoms with Gasteiger partial charge in [0.25, 0.3) is 18.0 Å². The summed E-state index contributed by atoms with van der Waals surface area (Å²) in [7, 11) is 0. The molecule has 0 fully saturated rings. The number of alkyl halides is 2. The Labute approximate surface area is 117 Å². The number of carboxylic acids is 1. The molecule has 1 aromatic carbocycles. The van der Waals surface area contributed by atoms with Crippen LogP contribution in [0.4, 0.5) is 14.5 Å². The Balaban J connectivity index is 3.24. The molecule has 114 valence electrons. The lowest BCUT2D eigenvalue weighted by Crippen LogP contribution is -2.35. The average Bonchev–Trinajstić information content (AvgIpc) is 2.43. The van der Waals surface area contributed by atoms with Crippen molar-refractivity contribution in [3.8, 4) is 0 Å². The second kappa shape index (κ2) is 6.73. The topological polar surface area (TPSA) is 101 Å². The Morgan fingerprint density at radius 2 is 1.90 bits per heavy atom.